The van der Waals surface area contributed by atoms with Crippen molar-refractivity contribution in [1.29, 1.82) is 0 Å². The van der Waals surface area contributed by atoms with E-state index in [0.717, 1.165) is 22.2 Å². The van der Waals surface area contributed by atoms with E-state index in [1.54, 1.807) is 0 Å². The van der Waals surface area contributed by atoms with Crippen molar-refractivity contribution in [3.63, 3.8) is 0 Å². The molecule has 0 aliphatic carbocycles. The minimum Gasteiger partial charge on any atom is -0.360 e. The monoisotopic (exact) mass is 246 g/mol. The quantitative estimate of drug-likeness (QED) is 0.651. The van der Waals surface area contributed by atoms with Gasteiger partial charge in [0.1, 0.15) is 16.7 Å². The van der Waals surface area contributed by atoms with Gasteiger partial charge in [-0.25, -0.2) is 4.98 Å². The molecular weight excluding hydrogens is 236 g/mol. The number of para-hydroxylation sites is 1. The summed E-state index contributed by atoms with van der Waals surface area (Å²) >= 11 is 6.13. The Kier molecular flexibility index (Phi) is 2.39. The maximum absolute atomic E-state index is 6.13. The number of fused-ring (bicyclic) bond motifs is 1. The number of imidazole rings is 1. The van der Waals surface area contributed by atoms with Crippen LogP contribution in [0.15, 0.2) is 30.5 Å². The van der Waals surface area contributed by atoms with Crippen molar-refractivity contribution >= 4 is 22.5 Å². The zero-order valence-corrected chi connectivity index (χ0v) is 9.75. The molecule has 17 heavy (non-hydrogen) atoms. The molecule has 2 aromatic heterocycles. The van der Waals surface area contributed by atoms with Gasteiger partial charge in [0.25, 0.3) is 0 Å². The summed E-state index contributed by atoms with van der Waals surface area (Å²) in [4.78, 5) is 10.5. The Morgan fingerprint density at radius 3 is 2.88 bits per heavy atom. The fraction of sp³-hybridized carbons (Fsp3) is 0.0833. The molecule has 3 rings (SSSR count). The summed E-state index contributed by atoms with van der Waals surface area (Å²) < 4.78 is 0. The highest BCUT2D eigenvalue weighted by Gasteiger charge is 2.13. The summed E-state index contributed by atoms with van der Waals surface area (Å²) in [5.41, 5.74) is 8.33. The van der Waals surface area contributed by atoms with E-state index < -0.39 is 0 Å². The SMILES string of the molecule is NCc1nc(-c2c[nH]c3ccccc23)c(Cl)[nH]1. The Hall–Kier alpha value is -1.78. The Morgan fingerprint density at radius 1 is 1.29 bits per heavy atom. The van der Waals surface area contributed by atoms with Gasteiger partial charge in [0.05, 0.1) is 6.54 Å². The predicted octanol–water partition coefficient (Wildman–Crippen LogP) is 2.67. The molecule has 0 saturated heterocycles. The summed E-state index contributed by atoms with van der Waals surface area (Å²) in [6.07, 6.45) is 1.91. The molecule has 0 bridgehead atoms. The van der Waals surface area contributed by atoms with Gasteiger partial charge in [-0.15, -0.1) is 0 Å². The molecular formula is C12H11ClN4. The van der Waals surface area contributed by atoms with Crippen LogP contribution in [-0.4, -0.2) is 15.0 Å². The maximum atomic E-state index is 6.13. The topological polar surface area (TPSA) is 70.5 Å². The van der Waals surface area contributed by atoms with Crippen molar-refractivity contribution in [1.82, 2.24) is 15.0 Å². The third-order valence-electron chi connectivity index (χ3n) is 2.75. The zero-order chi connectivity index (χ0) is 11.8. The lowest BCUT2D eigenvalue weighted by Crippen LogP contribution is -1.97. The van der Waals surface area contributed by atoms with E-state index in [4.69, 9.17) is 17.3 Å². The highest BCUT2D eigenvalue weighted by molar-refractivity contribution is 6.32. The van der Waals surface area contributed by atoms with Gasteiger partial charge >= 0.3 is 0 Å². The van der Waals surface area contributed by atoms with Gasteiger partial charge in [-0.2, -0.15) is 0 Å². The predicted molar refractivity (Wildman–Crippen MR) is 68.8 cm³/mol. The third kappa shape index (κ3) is 1.62. The number of nitrogens with two attached hydrogens (primary N) is 1. The van der Waals surface area contributed by atoms with E-state index in [9.17, 15) is 0 Å². The first kappa shape index (κ1) is 10.4. The molecule has 0 fully saturated rings. The van der Waals surface area contributed by atoms with Gasteiger partial charge in [-0.1, -0.05) is 29.8 Å². The van der Waals surface area contributed by atoms with Crippen molar-refractivity contribution < 1.29 is 0 Å². The lowest BCUT2D eigenvalue weighted by molar-refractivity contribution is 0.951. The second-order valence-corrected chi connectivity index (χ2v) is 4.18. The zero-order valence-electron chi connectivity index (χ0n) is 9.00. The molecule has 0 aliphatic heterocycles. The second-order valence-electron chi connectivity index (χ2n) is 3.80. The summed E-state index contributed by atoms with van der Waals surface area (Å²) in [6.45, 7) is 0.349. The summed E-state index contributed by atoms with van der Waals surface area (Å²) in [6, 6.07) is 8.03. The molecule has 2 heterocycles. The first-order valence-corrected chi connectivity index (χ1v) is 5.68. The molecule has 5 heteroatoms. The van der Waals surface area contributed by atoms with Gasteiger partial charge in [-0.05, 0) is 6.07 Å². The van der Waals surface area contributed by atoms with Crippen molar-refractivity contribution in [3.05, 3.63) is 41.4 Å². The van der Waals surface area contributed by atoms with E-state index in [2.05, 4.69) is 15.0 Å². The van der Waals surface area contributed by atoms with E-state index in [1.165, 1.54) is 0 Å². The van der Waals surface area contributed by atoms with E-state index >= 15 is 0 Å². The molecule has 0 saturated carbocycles. The van der Waals surface area contributed by atoms with Crippen molar-refractivity contribution in [2.45, 2.75) is 6.54 Å². The van der Waals surface area contributed by atoms with Crippen molar-refractivity contribution in [2.75, 3.05) is 0 Å². The number of halogens is 1. The molecule has 4 nitrogen and oxygen atoms in total. The highest BCUT2D eigenvalue weighted by atomic mass is 35.5. The van der Waals surface area contributed by atoms with Crippen LogP contribution >= 0.6 is 11.6 Å². The largest absolute Gasteiger partial charge is 0.360 e. The molecule has 1 aromatic carbocycles. The maximum Gasteiger partial charge on any atom is 0.134 e. The number of hydrogen-bond acceptors (Lipinski definition) is 2. The van der Waals surface area contributed by atoms with Crippen LogP contribution < -0.4 is 5.73 Å². The van der Waals surface area contributed by atoms with Crippen LogP contribution in [0.3, 0.4) is 0 Å². The number of benzene rings is 1. The minimum absolute atomic E-state index is 0.349. The van der Waals surface area contributed by atoms with Gasteiger partial charge in [0, 0.05) is 22.7 Å². The Labute approximate surface area is 103 Å². The van der Waals surface area contributed by atoms with Crippen LogP contribution in [0.4, 0.5) is 0 Å². The highest BCUT2D eigenvalue weighted by Crippen LogP contribution is 2.31. The Bertz CT molecular complexity index is 668. The van der Waals surface area contributed by atoms with Gasteiger partial charge < -0.3 is 15.7 Å². The van der Waals surface area contributed by atoms with Gasteiger partial charge in [0.15, 0.2) is 0 Å². The molecule has 0 aliphatic rings. The van der Waals surface area contributed by atoms with Crippen LogP contribution in [0.2, 0.25) is 5.15 Å². The van der Waals surface area contributed by atoms with E-state index in [-0.39, 0.29) is 0 Å². The number of aromatic amines is 2. The average molecular weight is 247 g/mol. The second kappa shape index (κ2) is 3.91. The van der Waals surface area contributed by atoms with Gasteiger partial charge in [0.2, 0.25) is 0 Å². The normalized spacial score (nSPS) is 11.2. The van der Waals surface area contributed by atoms with E-state index in [0.29, 0.717) is 17.5 Å². The molecule has 86 valence electrons. The van der Waals surface area contributed by atoms with Crippen molar-refractivity contribution in [3.8, 4) is 11.3 Å². The van der Waals surface area contributed by atoms with Crippen LogP contribution in [0.5, 0.6) is 0 Å². The number of rotatable bonds is 2. The van der Waals surface area contributed by atoms with Crippen LogP contribution in [0.25, 0.3) is 22.2 Å². The molecule has 4 N–H and O–H groups in total. The number of H-pyrrole nitrogens is 2. The summed E-state index contributed by atoms with van der Waals surface area (Å²) in [5.74, 6) is 0.690. The lowest BCUT2D eigenvalue weighted by Gasteiger charge is -1.94. The Morgan fingerprint density at radius 2 is 2.12 bits per heavy atom. The van der Waals surface area contributed by atoms with Crippen LogP contribution in [0, 0.1) is 0 Å². The summed E-state index contributed by atoms with van der Waals surface area (Å²) in [7, 11) is 0. The van der Waals surface area contributed by atoms with Crippen molar-refractivity contribution in [2.24, 2.45) is 5.73 Å². The van der Waals surface area contributed by atoms with E-state index in [1.807, 2.05) is 30.5 Å². The lowest BCUT2D eigenvalue weighted by atomic mass is 10.1. The van der Waals surface area contributed by atoms with Crippen LogP contribution in [0.1, 0.15) is 5.82 Å². The number of nitrogens with one attached hydrogen (secondary N) is 2. The number of hydrogen-bond donors (Lipinski definition) is 3. The molecule has 0 unspecified atom stereocenters. The molecule has 0 radical (unpaired) electrons. The fourth-order valence-corrected chi connectivity index (χ4v) is 2.19. The first-order chi connectivity index (χ1) is 8.29. The number of nitrogens with zero attached hydrogens (tertiary/aromatic N) is 1. The third-order valence-corrected chi connectivity index (χ3v) is 3.02. The molecule has 0 atom stereocenters. The van der Waals surface area contributed by atoms with Crippen LogP contribution in [-0.2, 0) is 6.54 Å². The Balaban J connectivity index is 2.23. The van der Waals surface area contributed by atoms with Gasteiger partial charge in [-0.3, -0.25) is 0 Å². The first-order valence-electron chi connectivity index (χ1n) is 5.30. The molecule has 0 amide bonds. The molecule has 3 aromatic rings. The number of aromatic nitrogens is 3. The standard InChI is InChI=1S/C12H11ClN4/c13-12-11(16-10(5-14)17-12)8-6-15-9-4-2-1-3-7(8)9/h1-4,6,15H,5,14H2,(H,16,17). The summed E-state index contributed by atoms with van der Waals surface area (Å²) in [5, 5.41) is 1.62. The molecule has 0 spiro atoms. The average Bonchev–Trinajstić information content (AvgIpc) is 2.92. The fourth-order valence-electron chi connectivity index (χ4n) is 1.94. The smallest absolute Gasteiger partial charge is 0.134 e. The minimum atomic E-state index is 0.349.